The molecule has 0 bridgehead atoms. The molecule has 2 aliphatic rings. The van der Waals surface area contributed by atoms with Crippen LogP contribution >= 0.6 is 0 Å². The highest BCUT2D eigenvalue weighted by Gasteiger charge is 2.47. The number of carbonyl (C=O) groups is 3. The van der Waals surface area contributed by atoms with Gasteiger partial charge in [-0.1, -0.05) is 74.5 Å². The normalized spacial score (nSPS) is 15.8. The minimum absolute atomic E-state index is 0.117. The van der Waals surface area contributed by atoms with E-state index in [-0.39, 0.29) is 25.5 Å². The summed E-state index contributed by atoms with van der Waals surface area (Å²) in [5.41, 5.74) is 2.66. The molecule has 38 heavy (non-hydrogen) atoms. The molecule has 0 saturated carbocycles. The molecule has 0 saturated heterocycles. The largest absolute Gasteiger partial charge is 0.467 e. The molecule has 0 N–H and O–H groups in total. The highest BCUT2D eigenvalue weighted by Crippen LogP contribution is 2.49. The average Bonchev–Trinajstić information content (AvgIpc) is 3.47. The number of esters is 2. The molecule has 0 aromatic heterocycles. The van der Waals surface area contributed by atoms with Crippen LogP contribution in [0, 0.1) is 5.92 Å². The number of ether oxygens (including phenoxy) is 4. The van der Waals surface area contributed by atoms with Gasteiger partial charge in [0, 0.05) is 23.2 Å². The van der Waals surface area contributed by atoms with Crippen molar-refractivity contribution in [3.8, 4) is 11.5 Å². The maximum Gasteiger partial charge on any atom is 0.329 e. The SMILES string of the molecule is COC(=O)[C@H](CC(=O)OCC(C)C)N1Cc2cc3c(cc2C1=O)OC(c1ccccc1)(c1ccccc1)O3. The quantitative estimate of drug-likeness (QED) is 0.410. The fourth-order valence-electron chi connectivity index (χ4n) is 4.73. The van der Waals surface area contributed by atoms with Gasteiger partial charge in [0.05, 0.1) is 20.1 Å². The Hall–Kier alpha value is -4.33. The van der Waals surface area contributed by atoms with Gasteiger partial charge in [-0.2, -0.15) is 0 Å². The van der Waals surface area contributed by atoms with E-state index in [0.717, 1.165) is 11.1 Å². The molecule has 2 heterocycles. The van der Waals surface area contributed by atoms with Crippen LogP contribution in [0.5, 0.6) is 11.5 Å². The van der Waals surface area contributed by atoms with Gasteiger partial charge in [0.15, 0.2) is 11.5 Å². The molecule has 0 fully saturated rings. The molecule has 5 rings (SSSR count). The van der Waals surface area contributed by atoms with E-state index in [1.807, 2.05) is 74.5 Å². The van der Waals surface area contributed by atoms with Crippen molar-refractivity contribution in [2.45, 2.75) is 38.6 Å². The fraction of sp³-hybridized carbons (Fsp3) is 0.300. The molecule has 1 amide bonds. The van der Waals surface area contributed by atoms with Gasteiger partial charge in [-0.3, -0.25) is 9.59 Å². The van der Waals surface area contributed by atoms with Crippen LogP contribution in [0.15, 0.2) is 72.8 Å². The van der Waals surface area contributed by atoms with Crippen LogP contribution in [-0.2, 0) is 31.4 Å². The number of amides is 1. The van der Waals surface area contributed by atoms with E-state index in [1.54, 1.807) is 12.1 Å². The number of methoxy groups -OCH3 is 1. The number of hydrogen-bond acceptors (Lipinski definition) is 7. The first-order chi connectivity index (χ1) is 18.3. The van der Waals surface area contributed by atoms with Gasteiger partial charge < -0.3 is 23.8 Å². The zero-order chi connectivity index (χ0) is 26.9. The minimum Gasteiger partial charge on any atom is -0.467 e. The summed E-state index contributed by atoms with van der Waals surface area (Å²) in [5.74, 6) is -1.81. The van der Waals surface area contributed by atoms with Crippen LogP contribution in [0.2, 0.25) is 0 Å². The standard InChI is InChI=1S/C30H29NO7/c1-19(2)18-36-27(32)16-24(29(34)35-3)31-17-20-14-25-26(15-23(20)28(31)33)38-30(37-25,21-10-6-4-7-11-21)22-12-8-5-9-13-22/h4-15,19,24H,16-18H2,1-3H3/t24-/m0/s1. The summed E-state index contributed by atoms with van der Waals surface area (Å²) >= 11 is 0. The topological polar surface area (TPSA) is 91.4 Å². The van der Waals surface area contributed by atoms with Gasteiger partial charge in [0.2, 0.25) is 0 Å². The van der Waals surface area contributed by atoms with Gasteiger partial charge in [-0.25, -0.2) is 4.79 Å². The van der Waals surface area contributed by atoms with E-state index in [2.05, 4.69) is 0 Å². The van der Waals surface area contributed by atoms with Crippen LogP contribution in [-0.4, -0.2) is 42.5 Å². The van der Waals surface area contributed by atoms with E-state index in [0.29, 0.717) is 22.6 Å². The second-order valence-corrected chi connectivity index (χ2v) is 9.76. The van der Waals surface area contributed by atoms with Crippen LogP contribution in [0.25, 0.3) is 0 Å². The van der Waals surface area contributed by atoms with E-state index in [9.17, 15) is 14.4 Å². The van der Waals surface area contributed by atoms with Gasteiger partial charge in [-0.15, -0.1) is 0 Å². The highest BCUT2D eigenvalue weighted by molar-refractivity contribution is 6.02. The van der Waals surface area contributed by atoms with E-state index in [1.165, 1.54) is 12.0 Å². The van der Waals surface area contributed by atoms with Crippen molar-refractivity contribution in [3.05, 3.63) is 95.1 Å². The Kier molecular flexibility index (Phi) is 6.80. The lowest BCUT2D eigenvalue weighted by Gasteiger charge is -2.28. The summed E-state index contributed by atoms with van der Waals surface area (Å²) in [4.78, 5) is 39.8. The molecule has 0 spiro atoms. The first-order valence-corrected chi connectivity index (χ1v) is 12.5. The van der Waals surface area contributed by atoms with Gasteiger partial charge in [0.1, 0.15) is 6.04 Å². The Labute approximate surface area is 221 Å². The Morgan fingerprint density at radius 3 is 2.08 bits per heavy atom. The molecule has 0 aliphatic carbocycles. The van der Waals surface area contributed by atoms with Crippen LogP contribution in [0.4, 0.5) is 0 Å². The molecule has 3 aromatic rings. The van der Waals surface area contributed by atoms with Crippen molar-refractivity contribution in [2.75, 3.05) is 13.7 Å². The molecule has 8 nitrogen and oxygen atoms in total. The summed E-state index contributed by atoms with van der Waals surface area (Å²) in [6, 6.07) is 21.5. The predicted octanol–water partition coefficient (Wildman–Crippen LogP) is 4.45. The summed E-state index contributed by atoms with van der Waals surface area (Å²) in [6.07, 6.45) is -0.295. The number of nitrogens with zero attached hydrogens (tertiary/aromatic N) is 1. The number of carbonyl (C=O) groups excluding carboxylic acids is 3. The molecule has 2 aliphatic heterocycles. The Bertz CT molecular complexity index is 1310. The zero-order valence-corrected chi connectivity index (χ0v) is 21.5. The molecule has 1 atom stereocenters. The molecule has 196 valence electrons. The second-order valence-electron chi connectivity index (χ2n) is 9.76. The number of fused-ring (bicyclic) bond motifs is 2. The summed E-state index contributed by atoms with van der Waals surface area (Å²) < 4.78 is 23.1. The van der Waals surface area contributed by atoms with Crippen molar-refractivity contribution in [1.29, 1.82) is 0 Å². The maximum atomic E-state index is 13.5. The lowest BCUT2D eigenvalue weighted by atomic mass is 9.97. The second kappa shape index (κ2) is 10.2. The fourth-order valence-corrected chi connectivity index (χ4v) is 4.73. The Morgan fingerprint density at radius 1 is 0.947 bits per heavy atom. The lowest BCUT2D eigenvalue weighted by Crippen LogP contribution is -2.43. The number of rotatable bonds is 8. The molecule has 0 unspecified atom stereocenters. The first-order valence-electron chi connectivity index (χ1n) is 12.5. The summed E-state index contributed by atoms with van der Waals surface area (Å²) in [6.45, 7) is 4.18. The number of benzene rings is 3. The molecule has 8 heteroatoms. The smallest absolute Gasteiger partial charge is 0.329 e. The third kappa shape index (κ3) is 4.58. The monoisotopic (exact) mass is 515 g/mol. The number of hydrogen-bond donors (Lipinski definition) is 0. The summed E-state index contributed by atoms with van der Waals surface area (Å²) in [5, 5.41) is 0. The molecular weight excluding hydrogens is 486 g/mol. The van der Waals surface area contributed by atoms with Crippen LogP contribution in [0.3, 0.4) is 0 Å². The van der Waals surface area contributed by atoms with Crippen molar-refractivity contribution in [1.82, 2.24) is 4.90 Å². The van der Waals surface area contributed by atoms with Crippen molar-refractivity contribution in [3.63, 3.8) is 0 Å². The maximum absolute atomic E-state index is 13.5. The van der Waals surface area contributed by atoms with Crippen molar-refractivity contribution < 1.29 is 33.3 Å². The van der Waals surface area contributed by atoms with Crippen molar-refractivity contribution in [2.24, 2.45) is 5.92 Å². The average molecular weight is 516 g/mol. The Morgan fingerprint density at radius 2 is 1.53 bits per heavy atom. The van der Waals surface area contributed by atoms with Crippen molar-refractivity contribution >= 4 is 17.8 Å². The highest BCUT2D eigenvalue weighted by atomic mass is 16.7. The van der Waals surface area contributed by atoms with E-state index >= 15 is 0 Å². The third-order valence-corrected chi connectivity index (χ3v) is 6.60. The van der Waals surface area contributed by atoms with Gasteiger partial charge >= 0.3 is 17.7 Å². The third-order valence-electron chi connectivity index (χ3n) is 6.60. The minimum atomic E-state index is -1.21. The molecule has 0 radical (unpaired) electrons. The molecular formula is C30H29NO7. The Balaban J connectivity index is 1.44. The molecule has 3 aromatic carbocycles. The zero-order valence-electron chi connectivity index (χ0n) is 21.5. The van der Waals surface area contributed by atoms with E-state index < -0.39 is 29.7 Å². The van der Waals surface area contributed by atoms with Crippen LogP contribution < -0.4 is 9.47 Å². The lowest BCUT2D eigenvalue weighted by molar-refractivity contribution is -0.154. The van der Waals surface area contributed by atoms with E-state index in [4.69, 9.17) is 18.9 Å². The summed E-state index contributed by atoms with van der Waals surface area (Å²) in [7, 11) is 1.23. The van der Waals surface area contributed by atoms with Gasteiger partial charge in [0.25, 0.3) is 5.91 Å². The van der Waals surface area contributed by atoms with Gasteiger partial charge in [-0.05, 0) is 23.6 Å². The first kappa shape index (κ1) is 25.3. The van der Waals surface area contributed by atoms with Crippen LogP contribution in [0.1, 0.15) is 47.3 Å². The predicted molar refractivity (Wildman–Crippen MR) is 137 cm³/mol.